The van der Waals surface area contributed by atoms with Crippen molar-refractivity contribution in [3.05, 3.63) is 21.0 Å². The van der Waals surface area contributed by atoms with Gasteiger partial charge in [0, 0.05) is 39.1 Å². The first-order valence-electron chi connectivity index (χ1n) is 8.73. The maximum atomic E-state index is 12.7. The Morgan fingerprint density at radius 2 is 1.79 bits per heavy atom. The second-order valence-corrected chi connectivity index (χ2v) is 7.83. The molecule has 0 atom stereocenters. The lowest BCUT2D eigenvalue weighted by Gasteiger charge is -2.37. The fourth-order valence-electron chi connectivity index (χ4n) is 3.58. The summed E-state index contributed by atoms with van der Waals surface area (Å²) in [6, 6.07) is 0. The van der Waals surface area contributed by atoms with Crippen LogP contribution in [0.25, 0.3) is 0 Å². The number of amides is 1. The summed E-state index contributed by atoms with van der Waals surface area (Å²) < 4.78 is 1.87. The zero-order valence-electron chi connectivity index (χ0n) is 14.4. The quantitative estimate of drug-likeness (QED) is 0.766. The van der Waals surface area contributed by atoms with Gasteiger partial charge in [0.05, 0.1) is 11.9 Å². The molecular weight excluding hydrogens is 372 g/mol. The topological polar surface area (TPSA) is 58.4 Å². The van der Waals surface area contributed by atoms with E-state index >= 15 is 0 Å². The minimum Gasteiger partial charge on any atom is -0.369 e. The number of halogens is 1. The van der Waals surface area contributed by atoms with Crippen molar-refractivity contribution < 1.29 is 4.79 Å². The Morgan fingerprint density at radius 3 is 2.42 bits per heavy atom. The molecule has 0 radical (unpaired) electrons. The van der Waals surface area contributed by atoms with Crippen LogP contribution in [0.1, 0.15) is 32.6 Å². The SMILES string of the molecule is CC1CCN(C(=O)C2CCN(c3cnn(C)c(=O)c3Br)CC2)CC1. The number of rotatable bonds is 2. The molecule has 132 valence electrons. The summed E-state index contributed by atoms with van der Waals surface area (Å²) in [6.45, 7) is 5.65. The van der Waals surface area contributed by atoms with Crippen LogP contribution in [-0.2, 0) is 11.8 Å². The first-order valence-corrected chi connectivity index (χ1v) is 9.52. The molecule has 2 saturated heterocycles. The van der Waals surface area contributed by atoms with E-state index in [1.54, 1.807) is 13.2 Å². The lowest BCUT2D eigenvalue weighted by Crippen LogP contribution is -2.45. The Kier molecular flexibility index (Phi) is 5.27. The average Bonchev–Trinajstić information content (AvgIpc) is 2.60. The first-order chi connectivity index (χ1) is 11.5. The van der Waals surface area contributed by atoms with E-state index in [0.29, 0.717) is 10.4 Å². The first kappa shape index (κ1) is 17.5. The molecule has 0 N–H and O–H groups in total. The molecule has 3 heterocycles. The molecule has 0 spiro atoms. The molecule has 0 unspecified atom stereocenters. The van der Waals surface area contributed by atoms with E-state index in [1.165, 1.54) is 4.68 Å². The van der Waals surface area contributed by atoms with Crippen LogP contribution in [0.15, 0.2) is 15.5 Å². The van der Waals surface area contributed by atoms with Gasteiger partial charge in [-0.15, -0.1) is 0 Å². The van der Waals surface area contributed by atoms with Gasteiger partial charge < -0.3 is 9.80 Å². The molecule has 24 heavy (non-hydrogen) atoms. The lowest BCUT2D eigenvalue weighted by molar-refractivity contribution is -0.137. The highest BCUT2D eigenvalue weighted by Crippen LogP contribution is 2.28. The minimum atomic E-state index is -0.131. The summed E-state index contributed by atoms with van der Waals surface area (Å²) in [5.74, 6) is 1.18. The van der Waals surface area contributed by atoms with Crippen LogP contribution >= 0.6 is 15.9 Å². The fourth-order valence-corrected chi connectivity index (χ4v) is 4.19. The zero-order valence-corrected chi connectivity index (χ0v) is 16.0. The molecular formula is C17H25BrN4O2. The van der Waals surface area contributed by atoms with Crippen molar-refractivity contribution in [1.29, 1.82) is 0 Å². The second-order valence-electron chi connectivity index (χ2n) is 7.04. The van der Waals surface area contributed by atoms with Crippen LogP contribution in [0.4, 0.5) is 5.69 Å². The molecule has 6 nitrogen and oxygen atoms in total. The summed E-state index contributed by atoms with van der Waals surface area (Å²) in [5, 5.41) is 4.11. The van der Waals surface area contributed by atoms with Gasteiger partial charge in [-0.05, 0) is 47.5 Å². The number of carbonyl (C=O) groups excluding carboxylic acids is 1. The highest BCUT2D eigenvalue weighted by molar-refractivity contribution is 9.10. The van der Waals surface area contributed by atoms with Crippen LogP contribution in [0, 0.1) is 11.8 Å². The summed E-state index contributed by atoms with van der Waals surface area (Å²) in [7, 11) is 1.64. The van der Waals surface area contributed by atoms with E-state index in [2.05, 4.69) is 37.8 Å². The average molecular weight is 397 g/mol. The van der Waals surface area contributed by atoms with Gasteiger partial charge in [-0.25, -0.2) is 4.68 Å². The Bertz CT molecular complexity index is 659. The maximum absolute atomic E-state index is 12.7. The monoisotopic (exact) mass is 396 g/mol. The van der Waals surface area contributed by atoms with Gasteiger partial charge in [0.25, 0.3) is 5.56 Å². The van der Waals surface area contributed by atoms with E-state index in [4.69, 9.17) is 0 Å². The number of likely N-dealkylation sites (tertiary alicyclic amines) is 1. The van der Waals surface area contributed by atoms with E-state index in [-0.39, 0.29) is 11.5 Å². The van der Waals surface area contributed by atoms with Gasteiger partial charge in [0.2, 0.25) is 5.91 Å². The molecule has 3 rings (SSSR count). The summed E-state index contributed by atoms with van der Waals surface area (Å²) in [4.78, 5) is 28.9. The second kappa shape index (κ2) is 7.25. The molecule has 1 aromatic heterocycles. The van der Waals surface area contributed by atoms with Gasteiger partial charge in [0.15, 0.2) is 0 Å². The Hall–Kier alpha value is -1.37. The maximum Gasteiger partial charge on any atom is 0.282 e. The number of hydrogen-bond acceptors (Lipinski definition) is 4. The van der Waals surface area contributed by atoms with Gasteiger partial charge in [0.1, 0.15) is 4.47 Å². The Balaban J connectivity index is 1.61. The number of anilines is 1. The van der Waals surface area contributed by atoms with E-state index in [9.17, 15) is 9.59 Å². The largest absolute Gasteiger partial charge is 0.369 e. The van der Waals surface area contributed by atoms with Crippen molar-refractivity contribution in [3.63, 3.8) is 0 Å². The molecule has 1 aromatic rings. The molecule has 1 amide bonds. The van der Waals surface area contributed by atoms with Crippen LogP contribution in [0.5, 0.6) is 0 Å². The van der Waals surface area contributed by atoms with E-state index in [0.717, 1.165) is 63.5 Å². The molecule has 2 fully saturated rings. The summed E-state index contributed by atoms with van der Waals surface area (Å²) in [5.41, 5.74) is 0.698. The van der Waals surface area contributed by atoms with Crippen molar-refractivity contribution in [1.82, 2.24) is 14.7 Å². The predicted octanol–water partition coefficient (Wildman–Crippen LogP) is 2.02. The Morgan fingerprint density at radius 1 is 1.17 bits per heavy atom. The number of aryl methyl sites for hydroxylation is 1. The number of carbonyl (C=O) groups is 1. The molecule has 0 aromatic carbocycles. The zero-order chi connectivity index (χ0) is 17.3. The molecule has 7 heteroatoms. The standard InChI is InChI=1S/C17H25BrN4O2/c1-12-3-7-22(8-4-12)16(23)13-5-9-21(10-6-13)14-11-19-20(2)17(24)15(14)18/h11-13H,3-10H2,1-2H3. The lowest BCUT2D eigenvalue weighted by atomic mass is 9.92. The van der Waals surface area contributed by atoms with Gasteiger partial charge in [-0.3, -0.25) is 9.59 Å². The number of piperidine rings is 2. The highest BCUT2D eigenvalue weighted by atomic mass is 79.9. The molecule has 0 saturated carbocycles. The summed E-state index contributed by atoms with van der Waals surface area (Å²) >= 11 is 3.39. The smallest absolute Gasteiger partial charge is 0.282 e. The minimum absolute atomic E-state index is 0.118. The molecule has 2 aliphatic rings. The number of aromatic nitrogens is 2. The van der Waals surface area contributed by atoms with Crippen LogP contribution in [0.2, 0.25) is 0 Å². The highest BCUT2D eigenvalue weighted by Gasteiger charge is 2.31. The van der Waals surface area contributed by atoms with Crippen LogP contribution in [0.3, 0.4) is 0 Å². The van der Waals surface area contributed by atoms with E-state index < -0.39 is 0 Å². The van der Waals surface area contributed by atoms with Gasteiger partial charge in [-0.1, -0.05) is 6.92 Å². The van der Waals surface area contributed by atoms with Gasteiger partial charge in [-0.2, -0.15) is 5.10 Å². The van der Waals surface area contributed by atoms with Crippen molar-refractivity contribution in [2.45, 2.75) is 32.6 Å². The predicted molar refractivity (Wildman–Crippen MR) is 97.1 cm³/mol. The Labute approximate surface area is 150 Å². The third-order valence-corrected chi connectivity index (χ3v) is 6.09. The van der Waals surface area contributed by atoms with Gasteiger partial charge >= 0.3 is 0 Å². The van der Waals surface area contributed by atoms with Crippen molar-refractivity contribution in [2.75, 3.05) is 31.1 Å². The van der Waals surface area contributed by atoms with Crippen LogP contribution in [-0.4, -0.2) is 46.8 Å². The van der Waals surface area contributed by atoms with Crippen LogP contribution < -0.4 is 10.5 Å². The van der Waals surface area contributed by atoms with Crippen molar-refractivity contribution in [2.24, 2.45) is 18.9 Å². The molecule has 2 aliphatic heterocycles. The van der Waals surface area contributed by atoms with Crippen molar-refractivity contribution >= 4 is 27.5 Å². The summed E-state index contributed by atoms with van der Waals surface area (Å²) in [6.07, 6.45) is 5.64. The van der Waals surface area contributed by atoms with E-state index in [1.807, 2.05) is 0 Å². The third kappa shape index (κ3) is 3.50. The third-order valence-electron chi connectivity index (χ3n) is 5.34. The van der Waals surface area contributed by atoms with Crippen molar-refractivity contribution in [3.8, 4) is 0 Å². The number of hydrogen-bond donors (Lipinski definition) is 0. The normalized spacial score (nSPS) is 20.5. The molecule has 0 bridgehead atoms. The molecule has 0 aliphatic carbocycles. The fraction of sp³-hybridized carbons (Fsp3) is 0.706. The number of nitrogens with zero attached hydrogens (tertiary/aromatic N) is 4.